The van der Waals surface area contributed by atoms with Gasteiger partial charge >= 0.3 is 0 Å². The zero-order chi connectivity index (χ0) is 14.9. The Hall–Kier alpha value is -2.09. The second kappa shape index (κ2) is 5.49. The molecule has 0 atom stereocenters. The number of aromatic nitrogens is 1. The van der Waals surface area contributed by atoms with Crippen LogP contribution in [0.3, 0.4) is 0 Å². The van der Waals surface area contributed by atoms with Crippen molar-refractivity contribution in [3.63, 3.8) is 0 Å². The monoisotopic (exact) mass is 344 g/mol. The van der Waals surface area contributed by atoms with Crippen LogP contribution in [0.2, 0.25) is 0 Å². The van der Waals surface area contributed by atoms with Gasteiger partial charge < -0.3 is 4.74 Å². The number of pyridine rings is 1. The fourth-order valence-corrected chi connectivity index (χ4v) is 1.85. The lowest BCUT2D eigenvalue weighted by molar-refractivity contribution is -0.385. The van der Waals surface area contributed by atoms with Gasteiger partial charge in [0.25, 0.3) is 5.69 Å². The Balaban J connectivity index is 2.39. The van der Waals surface area contributed by atoms with Gasteiger partial charge in [0.15, 0.2) is 11.6 Å². The van der Waals surface area contributed by atoms with E-state index < -0.39 is 16.6 Å². The number of benzene rings is 1. The lowest BCUT2D eigenvalue weighted by Crippen LogP contribution is -1.98. The highest BCUT2D eigenvalue weighted by Crippen LogP contribution is 2.33. The first-order valence-electron chi connectivity index (χ1n) is 5.33. The third-order valence-corrected chi connectivity index (χ3v) is 2.97. The van der Waals surface area contributed by atoms with Gasteiger partial charge in [0.05, 0.1) is 9.40 Å². The molecule has 2 rings (SSSR count). The van der Waals surface area contributed by atoms with E-state index in [0.717, 1.165) is 12.1 Å². The highest BCUT2D eigenvalue weighted by Gasteiger charge is 2.18. The van der Waals surface area contributed by atoms with Crippen LogP contribution in [0.25, 0.3) is 0 Å². The van der Waals surface area contributed by atoms with Crippen LogP contribution in [0.1, 0.15) is 5.69 Å². The predicted molar refractivity (Wildman–Crippen MR) is 69.8 cm³/mol. The highest BCUT2D eigenvalue weighted by molar-refractivity contribution is 9.10. The van der Waals surface area contributed by atoms with Gasteiger partial charge in [-0.2, -0.15) is 0 Å². The van der Waals surface area contributed by atoms with E-state index in [2.05, 4.69) is 20.9 Å². The minimum atomic E-state index is -0.894. The predicted octanol–water partition coefficient (Wildman–Crippen LogP) is 4.13. The second-order valence-corrected chi connectivity index (χ2v) is 4.67. The van der Waals surface area contributed by atoms with E-state index in [1.54, 1.807) is 0 Å². The molecule has 0 spiro atoms. The Bertz CT molecular complexity index is 695. The molecule has 0 amide bonds. The highest BCUT2D eigenvalue weighted by atomic mass is 79.9. The zero-order valence-corrected chi connectivity index (χ0v) is 11.6. The third-order valence-electron chi connectivity index (χ3n) is 2.40. The van der Waals surface area contributed by atoms with Gasteiger partial charge in [0.2, 0.25) is 5.88 Å². The molecule has 0 saturated carbocycles. The standard InChI is InChI=1S/C12H7BrF2N2O3/c1-6-10(17(18)19)5-8(13)12(16-6)20-11-3-2-7(14)4-9(11)15/h2-5H,1H3. The number of rotatable bonds is 3. The number of ether oxygens (including phenoxy) is 1. The van der Waals surface area contributed by atoms with Crippen molar-refractivity contribution >= 4 is 21.6 Å². The maximum absolute atomic E-state index is 13.5. The van der Waals surface area contributed by atoms with Crippen molar-refractivity contribution in [1.82, 2.24) is 4.98 Å². The summed E-state index contributed by atoms with van der Waals surface area (Å²) in [6, 6.07) is 4.01. The van der Waals surface area contributed by atoms with Crippen molar-refractivity contribution in [3.8, 4) is 11.6 Å². The Morgan fingerprint density at radius 1 is 1.35 bits per heavy atom. The molecule has 1 heterocycles. The Morgan fingerprint density at radius 3 is 2.65 bits per heavy atom. The SMILES string of the molecule is Cc1nc(Oc2ccc(F)cc2F)c(Br)cc1[N+](=O)[O-]. The molecular formula is C12H7BrF2N2O3. The first-order chi connectivity index (χ1) is 9.38. The van der Waals surface area contributed by atoms with Gasteiger partial charge in [0.1, 0.15) is 11.5 Å². The first-order valence-corrected chi connectivity index (χ1v) is 6.12. The Morgan fingerprint density at radius 2 is 2.05 bits per heavy atom. The quantitative estimate of drug-likeness (QED) is 0.620. The largest absolute Gasteiger partial charge is 0.435 e. The molecule has 1 aromatic heterocycles. The smallest absolute Gasteiger partial charge is 0.291 e. The summed E-state index contributed by atoms with van der Waals surface area (Å²) >= 11 is 3.06. The lowest BCUT2D eigenvalue weighted by atomic mass is 10.3. The van der Waals surface area contributed by atoms with E-state index in [0.29, 0.717) is 6.07 Å². The second-order valence-electron chi connectivity index (χ2n) is 3.81. The molecule has 0 aliphatic carbocycles. The van der Waals surface area contributed by atoms with Crippen LogP contribution in [0, 0.1) is 28.7 Å². The van der Waals surface area contributed by atoms with Crippen molar-refractivity contribution in [1.29, 1.82) is 0 Å². The van der Waals surface area contributed by atoms with Gasteiger partial charge in [0, 0.05) is 12.1 Å². The van der Waals surface area contributed by atoms with Crippen LogP contribution in [0.5, 0.6) is 11.6 Å². The van der Waals surface area contributed by atoms with Crippen molar-refractivity contribution in [2.45, 2.75) is 6.92 Å². The number of aryl methyl sites for hydroxylation is 1. The molecular weight excluding hydrogens is 338 g/mol. The maximum atomic E-state index is 13.5. The van der Waals surface area contributed by atoms with Crippen LogP contribution < -0.4 is 4.74 Å². The van der Waals surface area contributed by atoms with Crippen LogP contribution in [-0.2, 0) is 0 Å². The number of halogens is 3. The van der Waals surface area contributed by atoms with Gasteiger partial charge in [-0.1, -0.05) is 0 Å². The molecule has 0 unspecified atom stereocenters. The minimum Gasteiger partial charge on any atom is -0.435 e. The molecule has 20 heavy (non-hydrogen) atoms. The normalized spacial score (nSPS) is 10.4. The summed E-state index contributed by atoms with van der Waals surface area (Å²) in [6.07, 6.45) is 0. The Labute approximate surface area is 120 Å². The van der Waals surface area contributed by atoms with Crippen LogP contribution in [-0.4, -0.2) is 9.91 Å². The molecule has 104 valence electrons. The van der Waals surface area contributed by atoms with Gasteiger partial charge in [-0.15, -0.1) is 0 Å². The lowest BCUT2D eigenvalue weighted by Gasteiger charge is -2.08. The fourth-order valence-electron chi connectivity index (χ4n) is 1.47. The summed E-state index contributed by atoms with van der Waals surface area (Å²) < 4.78 is 31.6. The van der Waals surface area contributed by atoms with Crippen LogP contribution in [0.15, 0.2) is 28.7 Å². The zero-order valence-electron chi connectivity index (χ0n) is 10.1. The van der Waals surface area contributed by atoms with Crippen molar-refractivity contribution in [2.75, 3.05) is 0 Å². The minimum absolute atomic E-state index is 0.0430. The van der Waals surface area contributed by atoms with Crippen LogP contribution in [0.4, 0.5) is 14.5 Å². The molecule has 0 saturated heterocycles. The van der Waals surface area contributed by atoms with Gasteiger partial charge in [-0.3, -0.25) is 10.1 Å². The summed E-state index contributed by atoms with van der Waals surface area (Å²) in [7, 11) is 0. The summed E-state index contributed by atoms with van der Waals surface area (Å²) in [6.45, 7) is 1.43. The average molecular weight is 345 g/mol. The summed E-state index contributed by atoms with van der Waals surface area (Å²) in [4.78, 5) is 14.0. The van der Waals surface area contributed by atoms with Gasteiger partial charge in [-0.05, 0) is 35.0 Å². The summed E-state index contributed by atoms with van der Waals surface area (Å²) in [5, 5.41) is 10.7. The molecule has 1 aromatic carbocycles. The first kappa shape index (κ1) is 14.3. The van der Waals surface area contributed by atoms with E-state index in [-0.39, 0.29) is 27.5 Å². The average Bonchev–Trinajstić information content (AvgIpc) is 2.36. The van der Waals surface area contributed by atoms with Crippen molar-refractivity contribution in [3.05, 3.63) is 56.2 Å². The number of nitrogens with zero attached hydrogens (tertiary/aromatic N) is 2. The number of hydrogen-bond donors (Lipinski definition) is 0. The Kier molecular flexibility index (Phi) is 3.93. The molecule has 8 heteroatoms. The molecule has 0 aliphatic rings. The van der Waals surface area contributed by atoms with E-state index >= 15 is 0 Å². The summed E-state index contributed by atoms with van der Waals surface area (Å²) in [5.41, 5.74) is -0.0699. The number of hydrogen-bond acceptors (Lipinski definition) is 4. The fraction of sp³-hybridized carbons (Fsp3) is 0.0833. The molecule has 2 aromatic rings. The van der Waals surface area contributed by atoms with Crippen molar-refractivity contribution in [2.24, 2.45) is 0 Å². The summed E-state index contributed by atoms with van der Waals surface area (Å²) in [5.74, 6) is -1.90. The topological polar surface area (TPSA) is 65.3 Å². The molecule has 0 fully saturated rings. The van der Waals surface area contributed by atoms with E-state index in [1.807, 2.05) is 0 Å². The van der Waals surface area contributed by atoms with E-state index in [9.17, 15) is 18.9 Å². The van der Waals surface area contributed by atoms with E-state index in [1.165, 1.54) is 13.0 Å². The molecule has 0 aliphatic heterocycles. The number of nitro groups is 1. The van der Waals surface area contributed by atoms with Gasteiger partial charge in [-0.25, -0.2) is 13.8 Å². The molecule has 0 radical (unpaired) electrons. The van der Waals surface area contributed by atoms with E-state index in [4.69, 9.17) is 4.74 Å². The molecule has 0 N–H and O–H groups in total. The molecule has 0 bridgehead atoms. The molecule has 5 nitrogen and oxygen atoms in total. The van der Waals surface area contributed by atoms with Crippen LogP contribution >= 0.6 is 15.9 Å². The third kappa shape index (κ3) is 2.90. The maximum Gasteiger partial charge on any atom is 0.291 e. The van der Waals surface area contributed by atoms with Crippen molar-refractivity contribution < 1.29 is 18.4 Å².